The Labute approximate surface area is 359 Å². The van der Waals surface area contributed by atoms with Gasteiger partial charge in [0.05, 0.1) is 12.4 Å². The summed E-state index contributed by atoms with van der Waals surface area (Å²) in [6.45, 7) is 14.3. The van der Waals surface area contributed by atoms with Crippen LogP contribution in [0.3, 0.4) is 0 Å². The second-order valence-electron chi connectivity index (χ2n) is 17.6. The number of H-pyrrole nitrogens is 2. The summed E-state index contributed by atoms with van der Waals surface area (Å²) >= 11 is 0. The van der Waals surface area contributed by atoms with Crippen LogP contribution in [-0.4, -0.2) is 113 Å². The molecule has 0 spiro atoms. The van der Waals surface area contributed by atoms with Crippen LogP contribution in [0.15, 0.2) is 82.6 Å². The summed E-state index contributed by atoms with van der Waals surface area (Å²) < 4.78 is 3.65. The number of imidazole rings is 2. The second-order valence-corrected chi connectivity index (χ2v) is 17.6. The number of fused-ring (bicyclic) bond motifs is 2. The van der Waals surface area contributed by atoms with Crippen molar-refractivity contribution in [3.63, 3.8) is 0 Å². The van der Waals surface area contributed by atoms with E-state index in [2.05, 4.69) is 115 Å². The van der Waals surface area contributed by atoms with E-state index < -0.39 is 0 Å². The van der Waals surface area contributed by atoms with Crippen LogP contribution in [0.25, 0.3) is 11.0 Å². The van der Waals surface area contributed by atoms with E-state index in [1.54, 1.807) is 12.4 Å². The molecule has 2 aromatic carbocycles. The Morgan fingerprint density at radius 2 is 1.03 bits per heavy atom. The maximum atomic E-state index is 12.8. The van der Waals surface area contributed by atoms with Gasteiger partial charge in [-0.15, -0.1) is 0 Å². The van der Waals surface area contributed by atoms with E-state index in [-0.39, 0.29) is 37.8 Å². The van der Waals surface area contributed by atoms with E-state index in [4.69, 9.17) is 10.2 Å². The molecule has 14 nitrogen and oxygen atoms in total. The average molecular weight is 831 g/mol. The van der Waals surface area contributed by atoms with Gasteiger partial charge in [0, 0.05) is 62.9 Å². The molecule has 8 heterocycles. The van der Waals surface area contributed by atoms with Crippen LogP contribution in [0.5, 0.6) is 0 Å². The molecule has 4 atom stereocenters. The molecule has 4 aromatic heterocycles. The maximum Gasteiger partial charge on any atom is 0.276 e. The van der Waals surface area contributed by atoms with Crippen LogP contribution in [-0.2, 0) is 13.1 Å². The molecule has 4 aliphatic rings. The molecule has 4 saturated heterocycles. The number of aromatic amines is 2. The highest BCUT2D eigenvalue weighted by atomic mass is 16.1. The molecular formula is C47H66N12O2. The Morgan fingerprint density at radius 1 is 0.607 bits per heavy atom. The molecular weight excluding hydrogens is 765 g/mol. The van der Waals surface area contributed by atoms with E-state index in [9.17, 15) is 9.59 Å². The van der Waals surface area contributed by atoms with E-state index in [1.807, 2.05) is 15.1 Å². The first-order valence-electron chi connectivity index (χ1n) is 21.6. The normalized spacial score (nSPS) is 23.1. The zero-order valence-electron chi connectivity index (χ0n) is 34.6. The molecule has 0 bridgehead atoms. The lowest BCUT2D eigenvalue weighted by atomic mass is 9.96. The maximum absolute atomic E-state index is 12.8. The van der Waals surface area contributed by atoms with Crippen molar-refractivity contribution in [1.29, 1.82) is 0 Å². The monoisotopic (exact) mass is 831 g/mol. The lowest BCUT2D eigenvalue weighted by molar-refractivity contribution is 0.250. The molecule has 6 aromatic rings. The number of likely N-dealkylation sites (tertiary alicyclic amines) is 3. The highest BCUT2D eigenvalue weighted by Crippen LogP contribution is 2.33. The summed E-state index contributed by atoms with van der Waals surface area (Å²) in [6, 6.07) is 21.1. The van der Waals surface area contributed by atoms with Gasteiger partial charge in [-0.3, -0.25) is 19.4 Å². The third-order valence-electron chi connectivity index (χ3n) is 13.3. The predicted octanol–water partition coefficient (Wildman–Crippen LogP) is 5.85. The molecule has 3 N–H and O–H groups in total. The Morgan fingerprint density at radius 3 is 1.48 bits per heavy atom. The van der Waals surface area contributed by atoms with Gasteiger partial charge in [0.15, 0.2) is 11.0 Å². The number of hydrogen-bond donors (Lipinski definition) is 3. The van der Waals surface area contributed by atoms with Crippen LogP contribution >= 0.6 is 0 Å². The number of piperidine rings is 2. The fourth-order valence-corrected chi connectivity index (χ4v) is 9.89. The molecule has 4 fully saturated rings. The molecule has 10 rings (SSSR count). The topological polar surface area (TPSA) is 148 Å². The third-order valence-corrected chi connectivity index (χ3v) is 13.3. The lowest BCUT2D eigenvalue weighted by Gasteiger charge is -2.28. The van der Waals surface area contributed by atoms with Crippen molar-refractivity contribution >= 4 is 11.0 Å². The van der Waals surface area contributed by atoms with Crippen LogP contribution in [0.2, 0.25) is 0 Å². The van der Waals surface area contributed by atoms with Crippen molar-refractivity contribution < 1.29 is 0 Å². The first-order valence-corrected chi connectivity index (χ1v) is 21.6. The Kier molecular flexibility index (Phi) is 14.0. The van der Waals surface area contributed by atoms with Crippen LogP contribution in [0.1, 0.15) is 112 Å². The quantitative estimate of drug-likeness (QED) is 0.171. The standard InChI is InChI=1S/C23H30N6O.C22H28N6O.2CH4/c1-16-13-28(14-17-6-4-3-5-7-17)15-19(16)21-25-23(30)20-12-24-22(29(20)26-21)18-8-10-27(2)11-9-18;1-15-12-27(13-16-5-3-2-4-6-16)14-18(15)20-25-22(29)19-11-24-21(28(19)26-20)17-7-9-23-10-8-17;;/h3-7,12,16,18-19H,8-11,13-15H2,1-2H3,(H,25,26,30);2-6,11,15,17-18,23H,7-10,12-14H2,1H3,(H,25,26,29);2*1H4. The van der Waals surface area contributed by atoms with E-state index in [0.29, 0.717) is 34.7 Å². The number of benzene rings is 2. The molecule has 4 unspecified atom stereocenters. The number of aromatic nitrogens is 8. The molecule has 61 heavy (non-hydrogen) atoms. The van der Waals surface area contributed by atoms with Crippen molar-refractivity contribution in [2.45, 2.75) is 91.1 Å². The van der Waals surface area contributed by atoms with Gasteiger partial charge < -0.3 is 20.2 Å². The van der Waals surface area contributed by atoms with Crippen molar-refractivity contribution in [3.05, 3.63) is 128 Å². The summed E-state index contributed by atoms with van der Waals surface area (Å²) in [5, 5.41) is 13.2. The summed E-state index contributed by atoms with van der Waals surface area (Å²) in [4.78, 5) is 48.1. The Balaban J connectivity index is 0.000000178. The molecule has 0 saturated carbocycles. The van der Waals surface area contributed by atoms with Crippen molar-refractivity contribution in [2.75, 3.05) is 59.4 Å². The molecule has 326 valence electrons. The van der Waals surface area contributed by atoms with Gasteiger partial charge in [0.25, 0.3) is 11.1 Å². The van der Waals surface area contributed by atoms with Gasteiger partial charge in [0.2, 0.25) is 0 Å². The largest absolute Gasteiger partial charge is 0.317 e. The first kappa shape index (κ1) is 44.0. The minimum absolute atomic E-state index is 0. The summed E-state index contributed by atoms with van der Waals surface area (Å²) in [6.07, 6.45) is 7.55. The molecule has 0 aliphatic carbocycles. The summed E-state index contributed by atoms with van der Waals surface area (Å²) in [5.74, 6) is 5.49. The van der Waals surface area contributed by atoms with Crippen molar-refractivity contribution in [1.82, 2.24) is 59.2 Å². The van der Waals surface area contributed by atoms with Gasteiger partial charge in [-0.25, -0.2) is 19.0 Å². The Hall–Kier alpha value is -5.02. The van der Waals surface area contributed by atoms with Crippen LogP contribution in [0, 0.1) is 11.8 Å². The summed E-state index contributed by atoms with van der Waals surface area (Å²) in [7, 11) is 2.16. The van der Waals surface area contributed by atoms with Crippen molar-refractivity contribution in [3.8, 4) is 0 Å². The van der Waals surface area contributed by atoms with Gasteiger partial charge in [-0.05, 0) is 81.9 Å². The predicted molar refractivity (Wildman–Crippen MR) is 242 cm³/mol. The van der Waals surface area contributed by atoms with E-state index in [1.165, 1.54) is 11.1 Å². The minimum Gasteiger partial charge on any atom is -0.317 e. The van der Waals surface area contributed by atoms with Gasteiger partial charge >= 0.3 is 0 Å². The van der Waals surface area contributed by atoms with E-state index in [0.717, 1.165) is 114 Å². The fourth-order valence-electron chi connectivity index (χ4n) is 9.89. The van der Waals surface area contributed by atoms with Gasteiger partial charge in [-0.2, -0.15) is 10.2 Å². The molecule has 0 radical (unpaired) electrons. The third kappa shape index (κ3) is 9.57. The first-order chi connectivity index (χ1) is 28.8. The van der Waals surface area contributed by atoms with Crippen LogP contribution in [0.4, 0.5) is 0 Å². The van der Waals surface area contributed by atoms with E-state index >= 15 is 0 Å². The zero-order chi connectivity index (χ0) is 40.5. The molecule has 14 heteroatoms. The number of nitrogens with one attached hydrogen (secondary N) is 3. The molecule has 4 aliphatic heterocycles. The van der Waals surface area contributed by atoms with Crippen molar-refractivity contribution in [2.24, 2.45) is 11.8 Å². The smallest absolute Gasteiger partial charge is 0.276 e. The van der Waals surface area contributed by atoms with Gasteiger partial charge in [-0.1, -0.05) is 89.4 Å². The number of nitrogens with zero attached hydrogens (tertiary/aromatic N) is 9. The fraction of sp³-hybridized carbons (Fsp3) is 0.532. The highest BCUT2D eigenvalue weighted by Gasteiger charge is 2.35. The SMILES string of the molecule is C.C.CC1CN(Cc2ccccc2)CC1c1nn2c(C3CCN(C)CC3)ncc2c(=O)[nH]1.CC1CN(Cc2ccccc2)CC1c1nn2c(C3CCNCC3)ncc2c(=O)[nH]1. The summed E-state index contributed by atoms with van der Waals surface area (Å²) in [5.41, 5.74) is 3.58. The number of rotatable bonds is 8. The molecule has 0 amide bonds. The number of hydrogen-bond acceptors (Lipinski definition) is 10. The van der Waals surface area contributed by atoms with Gasteiger partial charge in [0.1, 0.15) is 23.3 Å². The Bertz CT molecular complexity index is 2450. The zero-order valence-corrected chi connectivity index (χ0v) is 34.6. The second kappa shape index (κ2) is 19.4. The highest BCUT2D eigenvalue weighted by molar-refractivity contribution is 5.43. The van der Waals surface area contributed by atoms with Crippen LogP contribution < -0.4 is 16.4 Å². The lowest BCUT2D eigenvalue weighted by Crippen LogP contribution is -2.30. The average Bonchev–Trinajstić information content (AvgIpc) is 4.05. The minimum atomic E-state index is -0.0867.